The maximum atomic E-state index is 10.9. The summed E-state index contributed by atoms with van der Waals surface area (Å²) in [4.78, 5) is 10.9. The van der Waals surface area contributed by atoms with Crippen LogP contribution in [0.3, 0.4) is 0 Å². The average molecular weight is 210 g/mol. The Hall–Kier alpha value is -1.11. The number of hydrogen-bond donors (Lipinski definition) is 0. The minimum atomic E-state index is 0.103. The van der Waals surface area contributed by atoms with Crippen LogP contribution in [0.1, 0.15) is 48.0 Å². The predicted octanol–water partition coefficient (Wildman–Crippen LogP) is 4.71. The first kappa shape index (κ1) is 19.5. The van der Waals surface area contributed by atoms with E-state index < -0.39 is 0 Å². The van der Waals surface area contributed by atoms with Gasteiger partial charge in [0.05, 0.1) is 0 Å². The van der Waals surface area contributed by atoms with E-state index in [-0.39, 0.29) is 5.78 Å². The fraction of sp³-hybridized carbons (Fsp3) is 0.500. The molecule has 0 amide bonds. The zero-order chi connectivity index (χ0) is 12.7. The van der Waals surface area contributed by atoms with Crippen LogP contribution in [0.25, 0.3) is 0 Å². The third-order valence-electron chi connectivity index (χ3n) is 1.28. The van der Waals surface area contributed by atoms with Gasteiger partial charge in [-0.1, -0.05) is 65.5 Å². The van der Waals surface area contributed by atoms with Crippen molar-refractivity contribution in [2.75, 3.05) is 0 Å². The SMILES string of the molecule is C=C(/C=C\C=C/C)C(=O)CC.CC.CC. The number of ketones is 1. The van der Waals surface area contributed by atoms with E-state index in [0.717, 1.165) is 0 Å². The Kier molecular flexibility index (Phi) is 24.2. The van der Waals surface area contributed by atoms with Crippen LogP contribution in [0, 0.1) is 0 Å². The number of hydrogen-bond acceptors (Lipinski definition) is 1. The molecule has 0 N–H and O–H groups in total. The van der Waals surface area contributed by atoms with Gasteiger partial charge in [0.1, 0.15) is 0 Å². The molecule has 0 spiro atoms. The minimum absolute atomic E-state index is 0.103. The van der Waals surface area contributed by atoms with E-state index in [4.69, 9.17) is 0 Å². The summed E-state index contributed by atoms with van der Waals surface area (Å²) in [5.74, 6) is 0.103. The molecule has 0 atom stereocenters. The van der Waals surface area contributed by atoms with Crippen LogP contribution in [0.4, 0.5) is 0 Å². The maximum Gasteiger partial charge on any atom is 0.162 e. The van der Waals surface area contributed by atoms with Crippen molar-refractivity contribution in [1.82, 2.24) is 0 Å². The van der Waals surface area contributed by atoms with E-state index in [1.807, 2.05) is 59.8 Å². The normalized spacial score (nSPS) is 8.93. The van der Waals surface area contributed by atoms with Gasteiger partial charge in [-0.05, 0) is 6.92 Å². The Morgan fingerprint density at radius 1 is 1.13 bits per heavy atom. The van der Waals surface area contributed by atoms with E-state index in [1.165, 1.54) is 0 Å². The zero-order valence-electron chi connectivity index (χ0n) is 11.1. The van der Waals surface area contributed by atoms with Gasteiger partial charge in [0.15, 0.2) is 5.78 Å². The van der Waals surface area contributed by atoms with Gasteiger partial charge in [-0.25, -0.2) is 0 Å². The molecule has 0 bridgehead atoms. The van der Waals surface area contributed by atoms with Crippen molar-refractivity contribution in [3.05, 3.63) is 36.5 Å². The molecular weight excluding hydrogens is 184 g/mol. The van der Waals surface area contributed by atoms with Gasteiger partial charge in [0.2, 0.25) is 0 Å². The van der Waals surface area contributed by atoms with Crippen molar-refractivity contribution in [1.29, 1.82) is 0 Å². The summed E-state index contributed by atoms with van der Waals surface area (Å²) < 4.78 is 0. The molecule has 0 radical (unpaired) electrons. The first-order chi connectivity index (χ1) is 7.22. The summed E-state index contributed by atoms with van der Waals surface area (Å²) in [7, 11) is 0. The summed E-state index contributed by atoms with van der Waals surface area (Å²) in [6.45, 7) is 15.4. The Morgan fingerprint density at radius 2 is 1.60 bits per heavy atom. The number of allylic oxidation sites excluding steroid dienone is 5. The first-order valence-corrected chi connectivity index (χ1v) is 5.73. The topological polar surface area (TPSA) is 17.1 Å². The molecular formula is C14H26O. The molecule has 0 saturated carbocycles. The molecule has 0 heterocycles. The molecule has 0 unspecified atom stereocenters. The maximum absolute atomic E-state index is 10.9. The molecule has 1 nitrogen and oxygen atoms in total. The molecule has 88 valence electrons. The van der Waals surface area contributed by atoms with Crippen molar-refractivity contribution in [2.24, 2.45) is 0 Å². The lowest BCUT2D eigenvalue weighted by molar-refractivity contribution is -0.114. The van der Waals surface area contributed by atoms with E-state index in [1.54, 1.807) is 6.08 Å². The Balaban J connectivity index is -0.000000318. The molecule has 0 aliphatic rings. The van der Waals surface area contributed by atoms with Crippen LogP contribution in [-0.2, 0) is 4.79 Å². The second-order valence-electron chi connectivity index (χ2n) is 2.19. The van der Waals surface area contributed by atoms with Crippen molar-refractivity contribution in [2.45, 2.75) is 48.0 Å². The van der Waals surface area contributed by atoms with Gasteiger partial charge in [-0.15, -0.1) is 0 Å². The lowest BCUT2D eigenvalue weighted by atomic mass is 10.1. The van der Waals surface area contributed by atoms with Crippen LogP contribution in [0.15, 0.2) is 36.5 Å². The average Bonchev–Trinajstić information content (AvgIpc) is 2.33. The van der Waals surface area contributed by atoms with Gasteiger partial charge in [0, 0.05) is 12.0 Å². The second kappa shape index (κ2) is 18.6. The fourth-order valence-electron chi connectivity index (χ4n) is 0.603. The molecule has 0 aromatic heterocycles. The summed E-state index contributed by atoms with van der Waals surface area (Å²) in [6, 6.07) is 0. The number of Topliss-reactive ketones (excluding diaryl/α,β-unsaturated/α-hetero) is 1. The lowest BCUT2D eigenvalue weighted by Crippen LogP contribution is -1.95. The second-order valence-corrected chi connectivity index (χ2v) is 2.19. The summed E-state index contributed by atoms with van der Waals surface area (Å²) in [5.41, 5.74) is 0.575. The standard InChI is InChI=1S/C10H14O.2C2H6/c1-4-6-7-8-9(3)10(11)5-2;2*1-2/h4,6-8H,3,5H2,1-2H3;2*1-2H3/b6-4-,8-7-;;. The van der Waals surface area contributed by atoms with Gasteiger partial charge < -0.3 is 0 Å². The van der Waals surface area contributed by atoms with Crippen LogP contribution in [0.2, 0.25) is 0 Å². The third kappa shape index (κ3) is 15.6. The number of carbonyl (C=O) groups is 1. The highest BCUT2D eigenvalue weighted by atomic mass is 16.1. The van der Waals surface area contributed by atoms with Crippen molar-refractivity contribution < 1.29 is 4.79 Å². The highest BCUT2D eigenvalue weighted by Gasteiger charge is 1.97. The van der Waals surface area contributed by atoms with E-state index in [0.29, 0.717) is 12.0 Å². The quantitative estimate of drug-likeness (QED) is 0.485. The van der Waals surface area contributed by atoms with Crippen molar-refractivity contribution in [3.63, 3.8) is 0 Å². The summed E-state index contributed by atoms with van der Waals surface area (Å²) in [6.07, 6.45) is 7.84. The lowest BCUT2D eigenvalue weighted by Gasteiger charge is -1.91. The van der Waals surface area contributed by atoms with Crippen LogP contribution < -0.4 is 0 Å². The Labute approximate surface area is 95.6 Å². The highest BCUT2D eigenvalue weighted by molar-refractivity contribution is 5.97. The zero-order valence-corrected chi connectivity index (χ0v) is 11.1. The molecule has 0 aliphatic heterocycles. The Morgan fingerprint density at radius 3 is 1.93 bits per heavy atom. The number of carbonyl (C=O) groups excluding carboxylic acids is 1. The first-order valence-electron chi connectivity index (χ1n) is 5.73. The largest absolute Gasteiger partial charge is 0.294 e. The van der Waals surface area contributed by atoms with Gasteiger partial charge in [-0.2, -0.15) is 0 Å². The molecule has 0 aromatic carbocycles. The third-order valence-corrected chi connectivity index (χ3v) is 1.28. The van der Waals surface area contributed by atoms with Crippen LogP contribution in [-0.4, -0.2) is 5.78 Å². The van der Waals surface area contributed by atoms with E-state index >= 15 is 0 Å². The minimum Gasteiger partial charge on any atom is -0.294 e. The van der Waals surface area contributed by atoms with Gasteiger partial charge in [-0.3, -0.25) is 4.79 Å². The summed E-state index contributed by atoms with van der Waals surface area (Å²) >= 11 is 0. The smallest absolute Gasteiger partial charge is 0.162 e. The van der Waals surface area contributed by atoms with Crippen molar-refractivity contribution >= 4 is 5.78 Å². The Bertz CT molecular complexity index is 197. The molecule has 0 aromatic rings. The summed E-state index contributed by atoms with van der Waals surface area (Å²) in [5, 5.41) is 0. The highest BCUT2D eigenvalue weighted by Crippen LogP contribution is 1.98. The van der Waals surface area contributed by atoms with Crippen LogP contribution >= 0.6 is 0 Å². The molecule has 0 fully saturated rings. The molecule has 1 heteroatoms. The van der Waals surface area contributed by atoms with Gasteiger partial charge >= 0.3 is 0 Å². The van der Waals surface area contributed by atoms with Crippen LogP contribution in [0.5, 0.6) is 0 Å². The molecule has 0 aliphatic carbocycles. The fourth-order valence-corrected chi connectivity index (χ4v) is 0.603. The molecule has 0 saturated heterocycles. The molecule has 0 rings (SSSR count). The van der Waals surface area contributed by atoms with Crippen molar-refractivity contribution in [3.8, 4) is 0 Å². The molecule has 15 heavy (non-hydrogen) atoms. The van der Waals surface area contributed by atoms with E-state index in [2.05, 4.69) is 6.58 Å². The number of rotatable bonds is 4. The monoisotopic (exact) mass is 210 g/mol. The van der Waals surface area contributed by atoms with E-state index in [9.17, 15) is 4.79 Å². The van der Waals surface area contributed by atoms with Gasteiger partial charge in [0.25, 0.3) is 0 Å². The predicted molar refractivity (Wildman–Crippen MR) is 71.1 cm³/mol.